The Morgan fingerprint density at radius 2 is 2.03 bits per heavy atom. The molecule has 0 saturated carbocycles. The average molecular weight is 427 g/mol. The van der Waals surface area contributed by atoms with E-state index in [4.69, 9.17) is 0 Å². The number of pyridine rings is 1. The summed E-state index contributed by atoms with van der Waals surface area (Å²) >= 11 is 1.41. The molecule has 0 unspecified atom stereocenters. The number of thioether (sulfide) groups is 1. The van der Waals surface area contributed by atoms with E-state index in [9.17, 15) is 18.0 Å². The lowest BCUT2D eigenvalue weighted by atomic mass is 9.86. The molecule has 2 aromatic heterocycles. The van der Waals surface area contributed by atoms with Gasteiger partial charge < -0.3 is 10.2 Å². The van der Waals surface area contributed by atoms with Gasteiger partial charge in [0.25, 0.3) is 6.43 Å². The van der Waals surface area contributed by atoms with Gasteiger partial charge in [-0.15, -0.1) is 11.8 Å². The van der Waals surface area contributed by atoms with Gasteiger partial charge in [-0.1, -0.05) is 13.8 Å². The van der Waals surface area contributed by atoms with E-state index in [1.54, 1.807) is 18.1 Å². The van der Waals surface area contributed by atoms with E-state index in [1.165, 1.54) is 34.8 Å². The first-order valence-corrected chi connectivity index (χ1v) is 10.2. The van der Waals surface area contributed by atoms with Crippen molar-refractivity contribution >= 4 is 23.5 Å². The molecule has 0 spiro atoms. The van der Waals surface area contributed by atoms with E-state index in [0.29, 0.717) is 23.7 Å². The van der Waals surface area contributed by atoms with Crippen LogP contribution in [0.5, 0.6) is 0 Å². The van der Waals surface area contributed by atoms with Crippen LogP contribution in [0.15, 0.2) is 29.4 Å². The lowest BCUT2D eigenvalue weighted by Crippen LogP contribution is -2.44. The number of aryl methyl sites for hydroxylation is 1. The summed E-state index contributed by atoms with van der Waals surface area (Å²) in [6.07, 6.45) is 1.82. The van der Waals surface area contributed by atoms with Crippen LogP contribution >= 0.6 is 11.8 Å². The highest BCUT2D eigenvalue weighted by Gasteiger charge is 2.36. The zero-order chi connectivity index (χ0) is 21.2. The maximum absolute atomic E-state index is 13.2. The number of alkyl halides is 2. The summed E-state index contributed by atoms with van der Waals surface area (Å²) in [5, 5.41) is 6.55. The van der Waals surface area contributed by atoms with Gasteiger partial charge in [-0.2, -0.15) is 9.49 Å². The number of aromatic nitrogens is 3. The number of hydrogen-bond acceptors (Lipinski definition) is 4. The fourth-order valence-electron chi connectivity index (χ4n) is 3.54. The monoisotopic (exact) mass is 427 g/mol. The van der Waals surface area contributed by atoms with Crippen LogP contribution in [0.4, 0.5) is 23.7 Å². The summed E-state index contributed by atoms with van der Waals surface area (Å²) < 4.78 is 40.8. The van der Waals surface area contributed by atoms with Crippen molar-refractivity contribution in [2.24, 2.45) is 13.0 Å². The second kappa shape index (κ2) is 8.64. The van der Waals surface area contributed by atoms with E-state index >= 15 is 0 Å². The van der Waals surface area contributed by atoms with Crippen LogP contribution in [0.1, 0.15) is 38.8 Å². The number of likely N-dealkylation sites (tertiary alicyclic amines) is 1. The number of piperidine rings is 1. The third kappa shape index (κ3) is 5.23. The van der Waals surface area contributed by atoms with Gasteiger partial charge in [-0.25, -0.2) is 18.6 Å². The van der Waals surface area contributed by atoms with Gasteiger partial charge in [0.2, 0.25) is 5.95 Å². The summed E-state index contributed by atoms with van der Waals surface area (Å²) in [4.78, 5) is 18.1. The first kappa shape index (κ1) is 21.5. The summed E-state index contributed by atoms with van der Waals surface area (Å²) in [6, 6.07) is 2.41. The summed E-state index contributed by atoms with van der Waals surface area (Å²) in [6.45, 7) is 5.17. The number of urea groups is 1. The molecule has 0 radical (unpaired) electrons. The third-order valence-corrected chi connectivity index (χ3v) is 6.54. The number of carbonyl (C=O) groups excluding carboxylic acids is 1. The van der Waals surface area contributed by atoms with Gasteiger partial charge in [0.1, 0.15) is 5.69 Å². The van der Waals surface area contributed by atoms with Gasteiger partial charge in [0.15, 0.2) is 0 Å². The first-order chi connectivity index (χ1) is 13.7. The van der Waals surface area contributed by atoms with Crippen LogP contribution in [0, 0.1) is 11.9 Å². The molecule has 1 fully saturated rings. The molecule has 6 nitrogen and oxygen atoms in total. The summed E-state index contributed by atoms with van der Waals surface area (Å²) in [7, 11) is 1.63. The number of amides is 2. The van der Waals surface area contributed by atoms with E-state index in [0.717, 1.165) is 12.8 Å². The van der Waals surface area contributed by atoms with E-state index in [2.05, 4.69) is 15.4 Å². The summed E-state index contributed by atoms with van der Waals surface area (Å²) in [5.74, 6) is -0.403. The Balaban J connectivity index is 1.58. The zero-order valence-corrected chi connectivity index (χ0v) is 17.3. The van der Waals surface area contributed by atoms with Gasteiger partial charge in [0.05, 0.1) is 4.90 Å². The van der Waals surface area contributed by atoms with Crippen molar-refractivity contribution in [1.82, 2.24) is 19.7 Å². The lowest BCUT2D eigenvalue weighted by molar-refractivity contribution is 0.142. The number of carbonyl (C=O) groups is 1. The van der Waals surface area contributed by atoms with Crippen molar-refractivity contribution in [2.45, 2.75) is 42.8 Å². The molecular formula is C19H24F3N5OS. The number of nitrogens with one attached hydrogen (secondary N) is 1. The van der Waals surface area contributed by atoms with Crippen LogP contribution in [0.2, 0.25) is 0 Å². The molecule has 0 bridgehead atoms. The number of rotatable bonds is 5. The predicted octanol–water partition coefficient (Wildman–Crippen LogP) is 4.71. The number of halogens is 3. The van der Waals surface area contributed by atoms with Crippen molar-refractivity contribution in [3.63, 3.8) is 0 Å². The predicted molar refractivity (Wildman–Crippen MR) is 106 cm³/mol. The minimum absolute atomic E-state index is 0.188. The fraction of sp³-hybridized carbons (Fsp3) is 0.526. The molecular weight excluding hydrogens is 403 g/mol. The maximum atomic E-state index is 13.2. The van der Waals surface area contributed by atoms with Crippen LogP contribution in [-0.4, -0.2) is 43.5 Å². The standard InChI is InChI=1S/C19H24F3N5OS/c1-19(2,29-14-11-26(3)25-16(14)17(21)22)12-5-8-27(9-6-12)18(28)24-13-4-7-23-15(20)10-13/h4,7,10-12,17H,5-6,8-9H2,1-3H3,(H,23,24,28). The molecule has 158 valence electrons. The van der Waals surface area contributed by atoms with E-state index < -0.39 is 12.4 Å². The maximum Gasteiger partial charge on any atom is 0.321 e. The minimum Gasteiger partial charge on any atom is -0.325 e. The number of nitrogens with zero attached hydrogens (tertiary/aromatic N) is 4. The molecule has 1 saturated heterocycles. The average Bonchev–Trinajstić information content (AvgIpc) is 3.01. The van der Waals surface area contributed by atoms with Crippen molar-refractivity contribution in [1.29, 1.82) is 0 Å². The molecule has 29 heavy (non-hydrogen) atoms. The summed E-state index contributed by atoms with van der Waals surface area (Å²) in [5.41, 5.74) is 0.170. The Morgan fingerprint density at radius 3 is 2.66 bits per heavy atom. The third-order valence-electron chi connectivity index (χ3n) is 5.14. The fourth-order valence-corrected chi connectivity index (χ4v) is 4.95. The molecule has 1 aliphatic rings. The van der Waals surface area contributed by atoms with Crippen LogP contribution in [0.25, 0.3) is 0 Å². The van der Waals surface area contributed by atoms with Gasteiger partial charge in [-0.3, -0.25) is 4.68 Å². The van der Waals surface area contributed by atoms with Crippen LogP contribution < -0.4 is 5.32 Å². The van der Waals surface area contributed by atoms with Crippen molar-refractivity contribution in [2.75, 3.05) is 18.4 Å². The largest absolute Gasteiger partial charge is 0.325 e. The molecule has 0 aromatic carbocycles. The lowest BCUT2D eigenvalue weighted by Gasteiger charge is -2.40. The molecule has 0 atom stereocenters. The topological polar surface area (TPSA) is 63.1 Å². The normalized spacial score (nSPS) is 15.8. The van der Waals surface area contributed by atoms with Crippen LogP contribution in [-0.2, 0) is 7.05 Å². The second-order valence-electron chi connectivity index (χ2n) is 7.62. The Kier molecular flexibility index (Phi) is 6.40. The smallest absolute Gasteiger partial charge is 0.321 e. The number of anilines is 1. The Hall–Kier alpha value is -2.23. The zero-order valence-electron chi connectivity index (χ0n) is 16.5. The highest BCUT2D eigenvalue weighted by atomic mass is 32.2. The highest BCUT2D eigenvalue weighted by molar-refractivity contribution is 8.00. The first-order valence-electron chi connectivity index (χ1n) is 9.34. The quantitative estimate of drug-likeness (QED) is 0.555. The Bertz CT molecular complexity index is 865. The van der Waals surface area contributed by atoms with Crippen molar-refractivity contribution in [3.8, 4) is 0 Å². The molecule has 3 heterocycles. The van der Waals surface area contributed by atoms with Gasteiger partial charge in [-0.05, 0) is 24.8 Å². The Labute approximate surface area is 171 Å². The number of hydrogen-bond donors (Lipinski definition) is 1. The molecule has 2 amide bonds. The molecule has 2 aromatic rings. The minimum atomic E-state index is -2.61. The van der Waals surface area contributed by atoms with Gasteiger partial charge >= 0.3 is 6.03 Å². The molecule has 3 rings (SSSR count). The molecule has 0 aliphatic carbocycles. The Morgan fingerprint density at radius 1 is 1.34 bits per heavy atom. The SMILES string of the molecule is Cn1cc(SC(C)(C)C2CCN(C(=O)Nc3ccnc(F)c3)CC2)c(C(F)F)n1. The molecule has 1 aliphatic heterocycles. The second-order valence-corrected chi connectivity index (χ2v) is 9.31. The van der Waals surface area contributed by atoms with Crippen molar-refractivity contribution in [3.05, 3.63) is 36.2 Å². The van der Waals surface area contributed by atoms with Crippen LogP contribution in [0.3, 0.4) is 0 Å². The van der Waals surface area contributed by atoms with Crippen molar-refractivity contribution < 1.29 is 18.0 Å². The molecule has 10 heteroatoms. The highest BCUT2D eigenvalue weighted by Crippen LogP contribution is 2.44. The van der Waals surface area contributed by atoms with E-state index in [1.807, 2.05) is 13.8 Å². The van der Waals surface area contributed by atoms with E-state index in [-0.39, 0.29) is 22.4 Å². The van der Waals surface area contributed by atoms with Gasteiger partial charge in [0, 0.05) is 49.0 Å². The molecule has 1 N–H and O–H groups in total.